The Hall–Kier alpha value is -1.53. The number of hydrogen-bond acceptors (Lipinski definition) is 5. The Morgan fingerprint density at radius 1 is 1.26 bits per heavy atom. The smallest absolute Gasteiger partial charge is 0.411 e. The molecule has 128 valence electrons. The van der Waals surface area contributed by atoms with Gasteiger partial charge in [0.15, 0.2) is 0 Å². The van der Waals surface area contributed by atoms with Gasteiger partial charge in [-0.2, -0.15) is 0 Å². The van der Waals surface area contributed by atoms with Gasteiger partial charge in [-0.15, -0.1) is 0 Å². The van der Waals surface area contributed by atoms with E-state index in [1.54, 1.807) is 39.8 Å². The van der Waals surface area contributed by atoms with Crippen molar-refractivity contribution in [1.29, 1.82) is 0 Å². The maximum Gasteiger partial charge on any atom is 0.411 e. The Balaban J connectivity index is 2.93. The van der Waals surface area contributed by atoms with Gasteiger partial charge in [0.25, 0.3) is 0 Å². The Morgan fingerprint density at radius 2 is 1.91 bits per heavy atom. The van der Waals surface area contributed by atoms with Crippen LogP contribution in [-0.4, -0.2) is 40.7 Å². The van der Waals surface area contributed by atoms with Crippen LogP contribution in [0.2, 0.25) is 10.3 Å². The molecule has 0 aliphatic heterocycles. The predicted molar refractivity (Wildman–Crippen MR) is 87.5 cm³/mol. The molecular weight excluding hydrogens is 343 g/mol. The SMILES string of the molecule is CCOC(=O)CN(Cc1ccc(Cl)nc1Cl)C(=O)OC(C)(C)C. The number of carbonyl (C=O) groups excluding carboxylic acids is 2. The van der Waals surface area contributed by atoms with Crippen molar-refractivity contribution in [3.05, 3.63) is 28.0 Å². The Bertz CT molecular complexity index is 573. The highest BCUT2D eigenvalue weighted by Crippen LogP contribution is 2.20. The second kappa shape index (κ2) is 8.36. The minimum absolute atomic E-state index is 0.0523. The number of rotatable bonds is 5. The molecule has 0 fully saturated rings. The van der Waals surface area contributed by atoms with E-state index < -0.39 is 17.7 Å². The zero-order valence-electron chi connectivity index (χ0n) is 13.6. The first kappa shape index (κ1) is 19.5. The maximum absolute atomic E-state index is 12.3. The zero-order chi connectivity index (χ0) is 17.6. The average Bonchev–Trinajstić information content (AvgIpc) is 2.39. The summed E-state index contributed by atoms with van der Waals surface area (Å²) in [6, 6.07) is 3.20. The lowest BCUT2D eigenvalue weighted by Gasteiger charge is -2.27. The topological polar surface area (TPSA) is 68.7 Å². The molecule has 0 N–H and O–H groups in total. The minimum Gasteiger partial charge on any atom is -0.465 e. The van der Waals surface area contributed by atoms with Crippen LogP contribution < -0.4 is 0 Å². The van der Waals surface area contributed by atoms with E-state index in [0.29, 0.717) is 5.56 Å². The number of halogens is 2. The van der Waals surface area contributed by atoms with Crippen molar-refractivity contribution >= 4 is 35.3 Å². The third kappa shape index (κ3) is 7.05. The Kier molecular flexibility index (Phi) is 7.09. The molecule has 23 heavy (non-hydrogen) atoms. The number of nitrogens with zero attached hydrogens (tertiary/aromatic N) is 2. The quantitative estimate of drug-likeness (QED) is 0.590. The molecule has 0 aliphatic rings. The number of pyridine rings is 1. The summed E-state index contributed by atoms with van der Waals surface area (Å²) >= 11 is 11.8. The third-order valence-corrected chi connectivity index (χ3v) is 3.07. The number of carbonyl (C=O) groups is 2. The summed E-state index contributed by atoms with van der Waals surface area (Å²) in [5, 5.41) is 0.405. The van der Waals surface area contributed by atoms with Crippen molar-refractivity contribution in [3.8, 4) is 0 Å². The highest BCUT2D eigenvalue weighted by atomic mass is 35.5. The van der Waals surface area contributed by atoms with E-state index in [4.69, 9.17) is 32.7 Å². The van der Waals surface area contributed by atoms with Crippen LogP contribution >= 0.6 is 23.2 Å². The number of amides is 1. The summed E-state index contributed by atoms with van der Waals surface area (Å²) in [4.78, 5) is 29.1. The number of aromatic nitrogens is 1. The van der Waals surface area contributed by atoms with Crippen molar-refractivity contribution < 1.29 is 19.1 Å². The van der Waals surface area contributed by atoms with Gasteiger partial charge in [0.1, 0.15) is 22.5 Å². The van der Waals surface area contributed by atoms with Gasteiger partial charge >= 0.3 is 12.1 Å². The lowest BCUT2D eigenvalue weighted by atomic mass is 10.2. The van der Waals surface area contributed by atoms with E-state index in [0.717, 1.165) is 0 Å². The van der Waals surface area contributed by atoms with Crippen LogP contribution in [0.5, 0.6) is 0 Å². The molecule has 0 atom stereocenters. The van der Waals surface area contributed by atoms with Crippen LogP contribution in [0, 0.1) is 0 Å². The first-order valence-electron chi connectivity index (χ1n) is 7.07. The van der Waals surface area contributed by atoms with Gasteiger partial charge < -0.3 is 9.47 Å². The predicted octanol–water partition coefficient (Wildman–Crippen LogP) is 3.69. The van der Waals surface area contributed by atoms with Crippen LogP contribution in [0.1, 0.15) is 33.3 Å². The number of esters is 1. The maximum atomic E-state index is 12.3. The van der Waals surface area contributed by atoms with E-state index in [2.05, 4.69) is 4.98 Å². The number of ether oxygens (including phenoxy) is 2. The Labute approximate surface area is 145 Å². The van der Waals surface area contributed by atoms with Gasteiger partial charge in [-0.1, -0.05) is 29.3 Å². The summed E-state index contributed by atoms with van der Waals surface area (Å²) in [7, 11) is 0. The van der Waals surface area contributed by atoms with Gasteiger partial charge in [0, 0.05) is 5.56 Å². The van der Waals surface area contributed by atoms with Crippen molar-refractivity contribution in [2.45, 2.75) is 39.8 Å². The van der Waals surface area contributed by atoms with E-state index in [1.807, 2.05) is 0 Å². The lowest BCUT2D eigenvalue weighted by molar-refractivity contribution is -0.144. The molecular formula is C15H20Cl2N2O4. The standard InChI is InChI=1S/C15H20Cl2N2O4/c1-5-22-12(20)9-19(14(21)23-15(2,3)4)8-10-6-7-11(16)18-13(10)17/h6-7H,5,8-9H2,1-4H3. The normalized spacial score (nSPS) is 11.0. The molecule has 8 heteroatoms. The minimum atomic E-state index is -0.688. The second-order valence-electron chi connectivity index (χ2n) is 5.73. The van der Waals surface area contributed by atoms with Crippen molar-refractivity contribution in [2.24, 2.45) is 0 Å². The van der Waals surface area contributed by atoms with E-state index in [1.165, 1.54) is 4.90 Å². The fourth-order valence-electron chi connectivity index (χ4n) is 1.64. The molecule has 0 saturated carbocycles. The summed E-state index contributed by atoms with van der Waals surface area (Å²) in [5.74, 6) is -0.531. The molecule has 1 aromatic heterocycles. The van der Waals surface area contributed by atoms with Crippen molar-refractivity contribution in [1.82, 2.24) is 9.88 Å². The first-order valence-corrected chi connectivity index (χ1v) is 7.82. The molecule has 6 nitrogen and oxygen atoms in total. The monoisotopic (exact) mass is 362 g/mol. The molecule has 0 bridgehead atoms. The zero-order valence-corrected chi connectivity index (χ0v) is 15.1. The summed E-state index contributed by atoms with van der Waals surface area (Å²) in [6.07, 6.45) is -0.642. The molecule has 0 aromatic carbocycles. The van der Waals surface area contributed by atoms with Crippen molar-refractivity contribution in [3.63, 3.8) is 0 Å². The van der Waals surface area contributed by atoms with Gasteiger partial charge in [0.2, 0.25) is 0 Å². The lowest BCUT2D eigenvalue weighted by Crippen LogP contribution is -2.40. The molecule has 0 radical (unpaired) electrons. The van der Waals surface area contributed by atoms with Crippen LogP contribution in [0.3, 0.4) is 0 Å². The average molecular weight is 363 g/mol. The van der Waals surface area contributed by atoms with E-state index >= 15 is 0 Å². The van der Waals surface area contributed by atoms with Crippen LogP contribution in [0.25, 0.3) is 0 Å². The molecule has 0 aliphatic carbocycles. The molecule has 0 spiro atoms. The van der Waals surface area contributed by atoms with Crippen LogP contribution in [0.4, 0.5) is 4.79 Å². The van der Waals surface area contributed by atoms with Crippen LogP contribution in [0.15, 0.2) is 12.1 Å². The van der Waals surface area contributed by atoms with Gasteiger partial charge in [-0.05, 0) is 33.8 Å². The highest BCUT2D eigenvalue weighted by molar-refractivity contribution is 6.32. The Morgan fingerprint density at radius 3 is 2.43 bits per heavy atom. The fraction of sp³-hybridized carbons (Fsp3) is 0.533. The first-order chi connectivity index (χ1) is 10.6. The highest BCUT2D eigenvalue weighted by Gasteiger charge is 2.25. The third-order valence-electron chi connectivity index (χ3n) is 2.53. The summed E-state index contributed by atoms with van der Waals surface area (Å²) < 4.78 is 10.2. The fourth-order valence-corrected chi connectivity index (χ4v) is 2.04. The summed E-state index contributed by atoms with van der Waals surface area (Å²) in [5.41, 5.74) is -0.141. The molecule has 1 heterocycles. The molecule has 0 unspecified atom stereocenters. The molecule has 1 rings (SSSR count). The van der Waals surface area contributed by atoms with E-state index in [-0.39, 0.29) is 30.0 Å². The van der Waals surface area contributed by atoms with E-state index in [9.17, 15) is 9.59 Å². The second-order valence-corrected chi connectivity index (χ2v) is 6.47. The van der Waals surface area contributed by atoms with Crippen LogP contribution in [-0.2, 0) is 20.8 Å². The largest absolute Gasteiger partial charge is 0.465 e. The van der Waals surface area contributed by atoms with Gasteiger partial charge in [-0.3, -0.25) is 9.69 Å². The number of hydrogen-bond donors (Lipinski definition) is 0. The molecule has 0 saturated heterocycles. The van der Waals surface area contributed by atoms with Gasteiger partial charge in [0.05, 0.1) is 13.2 Å². The van der Waals surface area contributed by atoms with Crippen molar-refractivity contribution in [2.75, 3.05) is 13.2 Å². The van der Waals surface area contributed by atoms with Gasteiger partial charge in [-0.25, -0.2) is 9.78 Å². The molecule has 1 aromatic rings. The summed E-state index contributed by atoms with van der Waals surface area (Å²) in [6.45, 7) is 6.94. The molecule has 1 amide bonds.